The Bertz CT molecular complexity index is 1990. The topological polar surface area (TPSA) is 115 Å². The molecule has 45 heavy (non-hydrogen) atoms. The average molecular weight is 612 g/mol. The minimum atomic E-state index is -4.57. The highest BCUT2D eigenvalue weighted by molar-refractivity contribution is 5.99. The Kier molecular flexibility index (Phi) is 7.26. The molecule has 0 bridgehead atoms. The van der Waals surface area contributed by atoms with Crippen LogP contribution in [0, 0.1) is 28.5 Å². The van der Waals surface area contributed by atoms with Crippen LogP contribution in [-0.2, 0) is 5.54 Å². The van der Waals surface area contributed by atoms with Crippen molar-refractivity contribution in [3.63, 3.8) is 0 Å². The zero-order valence-electron chi connectivity index (χ0n) is 24.9. The number of alkyl halides is 3. The first-order valence-electron chi connectivity index (χ1n) is 14.7. The van der Waals surface area contributed by atoms with Crippen molar-refractivity contribution in [3.8, 4) is 12.1 Å². The molecule has 0 saturated heterocycles. The highest BCUT2D eigenvalue weighted by Gasteiger charge is 2.66. The van der Waals surface area contributed by atoms with Crippen LogP contribution in [0.2, 0.25) is 0 Å². The van der Waals surface area contributed by atoms with Crippen molar-refractivity contribution < 1.29 is 18.9 Å². The van der Waals surface area contributed by atoms with Gasteiger partial charge in [-0.05, 0) is 54.7 Å². The lowest BCUT2D eigenvalue weighted by Crippen LogP contribution is -2.35. The molecule has 12 heteroatoms. The van der Waals surface area contributed by atoms with E-state index in [2.05, 4.69) is 38.1 Å². The average Bonchev–Trinajstić information content (AvgIpc) is 3.73. The third kappa shape index (κ3) is 5.51. The Hall–Kier alpha value is -5.49. The second-order valence-corrected chi connectivity index (χ2v) is 10.8. The standard InChI is InChI=1S/C33H26F4N8/c1-2-27(20-6-4-3-5-7-20)42-30-23(17-39)18-40-29-22(16-38)14-25(15-26(29)30)41-31(21-8-10-24(34)11-9-21)28-19-45(44-43-28)32(12-13-32)33(35,36)37/h3-11,14-15,18-19,27,31,41H,2,12-13H2,1H3,(H,40,42)/i31D. The quantitative estimate of drug-likeness (QED) is 0.166. The number of fused-ring (bicyclic) bond motifs is 1. The molecule has 2 heterocycles. The van der Waals surface area contributed by atoms with Crippen LogP contribution in [-0.4, -0.2) is 26.2 Å². The number of nitrogens with zero attached hydrogens (tertiary/aromatic N) is 6. The summed E-state index contributed by atoms with van der Waals surface area (Å²) < 4.78 is 65.9. The smallest absolute Gasteiger partial charge is 0.377 e. The molecule has 0 amide bonds. The van der Waals surface area contributed by atoms with Gasteiger partial charge in [0, 0.05) is 17.3 Å². The molecule has 2 N–H and O–H groups in total. The van der Waals surface area contributed by atoms with Gasteiger partial charge >= 0.3 is 6.18 Å². The molecule has 2 unspecified atom stereocenters. The van der Waals surface area contributed by atoms with Crippen LogP contribution in [0.5, 0.6) is 0 Å². The fourth-order valence-corrected chi connectivity index (χ4v) is 5.37. The molecule has 1 aliphatic carbocycles. The van der Waals surface area contributed by atoms with Crippen LogP contribution in [0.4, 0.5) is 28.9 Å². The summed E-state index contributed by atoms with van der Waals surface area (Å²) in [4.78, 5) is 4.38. The first kappa shape index (κ1) is 28.3. The Morgan fingerprint density at radius 2 is 1.71 bits per heavy atom. The molecule has 0 radical (unpaired) electrons. The molecule has 2 aromatic heterocycles. The number of aromatic nitrogens is 4. The van der Waals surface area contributed by atoms with Gasteiger partial charge in [-0.3, -0.25) is 4.98 Å². The third-order valence-corrected chi connectivity index (χ3v) is 7.98. The number of halogens is 4. The van der Waals surface area contributed by atoms with Gasteiger partial charge in [0.25, 0.3) is 0 Å². The van der Waals surface area contributed by atoms with Gasteiger partial charge in [0.05, 0.1) is 42.0 Å². The Morgan fingerprint density at radius 3 is 2.33 bits per heavy atom. The predicted molar refractivity (Wildman–Crippen MR) is 159 cm³/mol. The van der Waals surface area contributed by atoms with Crippen LogP contribution < -0.4 is 10.6 Å². The van der Waals surface area contributed by atoms with E-state index < -0.39 is 23.6 Å². The molecule has 2 atom stereocenters. The number of anilines is 2. The molecule has 5 aromatic rings. The van der Waals surface area contributed by atoms with Crippen LogP contribution in [0.15, 0.2) is 79.1 Å². The first-order chi connectivity index (χ1) is 22.0. The molecule has 6 rings (SSSR count). The zero-order chi connectivity index (χ0) is 32.7. The van der Waals surface area contributed by atoms with Crippen molar-refractivity contribution in [1.82, 2.24) is 20.0 Å². The maximum atomic E-state index is 13.9. The van der Waals surface area contributed by atoms with Gasteiger partial charge in [-0.25, -0.2) is 9.07 Å². The highest BCUT2D eigenvalue weighted by Crippen LogP contribution is 2.55. The summed E-state index contributed by atoms with van der Waals surface area (Å²) in [5.41, 5.74) is 0.0531. The minimum absolute atomic E-state index is 0.124. The van der Waals surface area contributed by atoms with E-state index in [4.69, 9.17) is 0 Å². The molecule has 0 spiro atoms. The second-order valence-electron chi connectivity index (χ2n) is 10.8. The number of hydrogen-bond donors (Lipinski definition) is 2. The molecular weight excluding hydrogens is 584 g/mol. The summed E-state index contributed by atoms with van der Waals surface area (Å²) >= 11 is 0. The molecule has 1 aliphatic rings. The van der Waals surface area contributed by atoms with Crippen LogP contribution in [0.1, 0.15) is 67.6 Å². The number of nitrogens with one attached hydrogen (secondary N) is 2. The predicted octanol–water partition coefficient (Wildman–Crippen LogP) is 7.52. The van der Waals surface area contributed by atoms with Gasteiger partial charge in [0.2, 0.25) is 0 Å². The zero-order valence-corrected chi connectivity index (χ0v) is 23.9. The largest absolute Gasteiger partial charge is 0.413 e. The van der Waals surface area contributed by atoms with E-state index in [9.17, 15) is 29.5 Å². The SMILES string of the molecule is [2H]C(Nc1cc(C#N)c2ncc(C#N)c(NC(CC)c3ccccc3)c2c1)(c1ccc(F)cc1)c1cn(C2(C(F)(F)F)CC2)nn1. The van der Waals surface area contributed by atoms with E-state index in [-0.39, 0.29) is 47.0 Å². The normalized spacial score (nSPS) is 16.1. The molecule has 0 aliphatic heterocycles. The number of rotatable bonds is 9. The molecule has 1 fully saturated rings. The summed E-state index contributed by atoms with van der Waals surface area (Å²) in [6, 6.07) is 19.6. The lowest BCUT2D eigenvalue weighted by molar-refractivity contribution is -0.182. The first-order valence-corrected chi connectivity index (χ1v) is 14.2. The van der Waals surface area contributed by atoms with E-state index in [0.717, 1.165) is 28.6 Å². The maximum Gasteiger partial charge on any atom is 0.413 e. The van der Waals surface area contributed by atoms with E-state index in [0.29, 0.717) is 23.0 Å². The number of benzene rings is 3. The third-order valence-electron chi connectivity index (χ3n) is 7.98. The summed E-state index contributed by atoms with van der Waals surface area (Å²) in [5.74, 6) is -0.573. The molecule has 8 nitrogen and oxygen atoms in total. The number of pyridine rings is 1. The van der Waals surface area contributed by atoms with Gasteiger partial charge in [0.1, 0.15) is 23.6 Å². The second kappa shape index (κ2) is 11.5. The summed E-state index contributed by atoms with van der Waals surface area (Å²) in [6.07, 6.45) is -1.79. The van der Waals surface area contributed by atoms with Gasteiger partial charge in [-0.15, -0.1) is 5.10 Å². The Labute approximate surface area is 257 Å². The monoisotopic (exact) mass is 611 g/mol. The van der Waals surface area contributed by atoms with Crippen LogP contribution in [0.3, 0.4) is 0 Å². The van der Waals surface area contributed by atoms with Crippen molar-refractivity contribution in [1.29, 1.82) is 10.5 Å². The van der Waals surface area contributed by atoms with Crippen molar-refractivity contribution in [3.05, 3.63) is 113 Å². The van der Waals surface area contributed by atoms with Gasteiger partial charge in [-0.2, -0.15) is 23.7 Å². The van der Waals surface area contributed by atoms with E-state index in [1.54, 1.807) is 6.07 Å². The van der Waals surface area contributed by atoms with Crippen molar-refractivity contribution in [2.24, 2.45) is 0 Å². The number of nitriles is 2. The fraction of sp³-hybridized carbons (Fsp3) is 0.242. The van der Waals surface area contributed by atoms with Crippen molar-refractivity contribution in [2.75, 3.05) is 10.6 Å². The summed E-state index contributed by atoms with van der Waals surface area (Å²) in [5, 5.41) is 34.7. The molecule has 226 valence electrons. The maximum absolute atomic E-state index is 13.9. The van der Waals surface area contributed by atoms with E-state index >= 15 is 0 Å². The number of hydrogen-bond acceptors (Lipinski definition) is 7. The van der Waals surface area contributed by atoms with E-state index in [1.165, 1.54) is 24.4 Å². The van der Waals surface area contributed by atoms with Crippen LogP contribution >= 0.6 is 0 Å². The summed E-state index contributed by atoms with van der Waals surface area (Å²) in [6.45, 7) is 1.99. The highest BCUT2D eigenvalue weighted by atomic mass is 19.4. The molecule has 3 aromatic carbocycles. The fourth-order valence-electron chi connectivity index (χ4n) is 5.37. The summed E-state index contributed by atoms with van der Waals surface area (Å²) in [7, 11) is 0. The Morgan fingerprint density at radius 1 is 1.00 bits per heavy atom. The lowest BCUT2D eigenvalue weighted by Gasteiger charge is -2.23. The van der Waals surface area contributed by atoms with Crippen molar-refractivity contribution in [2.45, 2.75) is 50.0 Å². The lowest BCUT2D eigenvalue weighted by atomic mass is 10.00. The van der Waals surface area contributed by atoms with Gasteiger partial charge in [0.15, 0.2) is 5.54 Å². The molecule has 1 saturated carbocycles. The van der Waals surface area contributed by atoms with Gasteiger partial charge in [-0.1, -0.05) is 54.6 Å². The minimum Gasteiger partial charge on any atom is -0.377 e. The van der Waals surface area contributed by atoms with Crippen LogP contribution in [0.25, 0.3) is 10.9 Å². The Balaban J connectivity index is 1.49. The molecular formula is C33H26F4N8. The van der Waals surface area contributed by atoms with Crippen molar-refractivity contribution >= 4 is 22.3 Å². The van der Waals surface area contributed by atoms with Gasteiger partial charge < -0.3 is 10.6 Å². The van der Waals surface area contributed by atoms with E-state index in [1.807, 2.05) is 37.3 Å².